The molecule has 3 aromatic rings. The first-order valence-electron chi connectivity index (χ1n) is 6.32. The lowest BCUT2D eigenvalue weighted by Gasteiger charge is -2.01. The highest BCUT2D eigenvalue weighted by Crippen LogP contribution is 2.23. The molecule has 0 spiro atoms. The average molecular weight is 319 g/mol. The molecule has 0 amide bonds. The molecule has 106 valence electrons. The zero-order chi connectivity index (χ0) is 14.8. The standard InChI is InChI=1S/C15H12Cl2N4/c1-9-12(11-4-2-3-5-14(11)20-9)8-19-21-15-13(17)6-10(16)7-18-15/h2-8,20H,1H3,(H,18,21). The number of nitrogens with one attached hydrogen (secondary N) is 2. The van der Waals surface area contributed by atoms with Crippen LogP contribution in [0.5, 0.6) is 0 Å². The summed E-state index contributed by atoms with van der Waals surface area (Å²) in [4.78, 5) is 7.40. The number of nitrogens with zero attached hydrogens (tertiary/aromatic N) is 2. The van der Waals surface area contributed by atoms with E-state index in [1.54, 1.807) is 12.3 Å². The maximum Gasteiger partial charge on any atom is 0.165 e. The number of aromatic amines is 1. The van der Waals surface area contributed by atoms with Crippen molar-refractivity contribution in [3.63, 3.8) is 0 Å². The van der Waals surface area contributed by atoms with Crippen LogP contribution in [-0.2, 0) is 0 Å². The molecule has 4 nitrogen and oxygen atoms in total. The first kappa shape index (κ1) is 13.9. The molecule has 0 aliphatic heterocycles. The van der Waals surface area contributed by atoms with Crippen molar-refractivity contribution in [2.24, 2.45) is 5.10 Å². The van der Waals surface area contributed by atoms with Crippen molar-refractivity contribution in [3.05, 3.63) is 57.8 Å². The molecule has 0 aliphatic carbocycles. The normalized spacial score (nSPS) is 11.4. The van der Waals surface area contributed by atoms with E-state index in [4.69, 9.17) is 23.2 Å². The number of aryl methyl sites for hydroxylation is 1. The lowest BCUT2D eigenvalue weighted by atomic mass is 10.1. The van der Waals surface area contributed by atoms with E-state index < -0.39 is 0 Å². The fourth-order valence-electron chi connectivity index (χ4n) is 2.12. The van der Waals surface area contributed by atoms with E-state index >= 15 is 0 Å². The summed E-state index contributed by atoms with van der Waals surface area (Å²) < 4.78 is 0. The highest BCUT2D eigenvalue weighted by atomic mass is 35.5. The molecule has 6 heteroatoms. The van der Waals surface area contributed by atoms with Crippen LogP contribution in [0, 0.1) is 6.92 Å². The molecule has 2 heterocycles. The number of anilines is 1. The number of benzene rings is 1. The highest BCUT2D eigenvalue weighted by Gasteiger charge is 2.05. The highest BCUT2D eigenvalue weighted by molar-refractivity contribution is 6.35. The Kier molecular flexibility index (Phi) is 3.82. The smallest absolute Gasteiger partial charge is 0.165 e. The van der Waals surface area contributed by atoms with E-state index in [-0.39, 0.29) is 0 Å². The number of halogens is 2. The Labute approximate surface area is 131 Å². The lowest BCUT2D eigenvalue weighted by Crippen LogP contribution is -1.94. The summed E-state index contributed by atoms with van der Waals surface area (Å²) in [7, 11) is 0. The molecule has 0 unspecified atom stereocenters. The van der Waals surface area contributed by atoms with Crippen LogP contribution in [0.2, 0.25) is 10.0 Å². The maximum atomic E-state index is 6.03. The van der Waals surface area contributed by atoms with Gasteiger partial charge in [-0.3, -0.25) is 5.43 Å². The van der Waals surface area contributed by atoms with E-state index in [0.29, 0.717) is 15.9 Å². The largest absolute Gasteiger partial charge is 0.358 e. The van der Waals surface area contributed by atoms with Crippen LogP contribution >= 0.6 is 23.2 Å². The summed E-state index contributed by atoms with van der Waals surface area (Å²) in [6.07, 6.45) is 3.27. The van der Waals surface area contributed by atoms with Gasteiger partial charge in [-0.15, -0.1) is 0 Å². The van der Waals surface area contributed by atoms with Gasteiger partial charge in [0.2, 0.25) is 0 Å². The van der Waals surface area contributed by atoms with Crippen LogP contribution in [0.15, 0.2) is 41.6 Å². The number of rotatable bonds is 3. The van der Waals surface area contributed by atoms with Crippen molar-refractivity contribution >= 4 is 46.1 Å². The average Bonchev–Trinajstić information content (AvgIpc) is 2.77. The molecule has 0 radical (unpaired) electrons. The zero-order valence-electron chi connectivity index (χ0n) is 11.2. The van der Waals surface area contributed by atoms with Gasteiger partial charge in [-0.05, 0) is 19.1 Å². The summed E-state index contributed by atoms with van der Waals surface area (Å²) in [5.41, 5.74) is 5.99. The van der Waals surface area contributed by atoms with E-state index in [1.165, 1.54) is 6.20 Å². The minimum absolute atomic E-state index is 0.426. The summed E-state index contributed by atoms with van der Waals surface area (Å²) in [6.45, 7) is 2.01. The first-order chi connectivity index (χ1) is 10.1. The van der Waals surface area contributed by atoms with E-state index in [0.717, 1.165) is 22.2 Å². The third-order valence-corrected chi connectivity index (χ3v) is 3.61. The number of fused-ring (bicyclic) bond motifs is 1. The Balaban J connectivity index is 1.86. The van der Waals surface area contributed by atoms with Gasteiger partial charge in [0.05, 0.1) is 16.3 Å². The topological polar surface area (TPSA) is 53.1 Å². The number of hydrazone groups is 1. The zero-order valence-corrected chi connectivity index (χ0v) is 12.7. The fourth-order valence-corrected chi connectivity index (χ4v) is 2.54. The number of aromatic nitrogens is 2. The van der Waals surface area contributed by atoms with Crippen LogP contribution < -0.4 is 5.43 Å². The Morgan fingerprint density at radius 1 is 1.29 bits per heavy atom. The number of hydrogen-bond donors (Lipinski definition) is 2. The number of hydrogen-bond acceptors (Lipinski definition) is 3. The quantitative estimate of drug-likeness (QED) is 0.546. The van der Waals surface area contributed by atoms with Crippen LogP contribution in [0.1, 0.15) is 11.3 Å². The van der Waals surface area contributed by atoms with Gasteiger partial charge in [-0.1, -0.05) is 41.4 Å². The van der Waals surface area contributed by atoms with Crippen molar-refractivity contribution in [1.82, 2.24) is 9.97 Å². The second-order valence-electron chi connectivity index (χ2n) is 4.56. The Bertz CT molecular complexity index is 824. The number of H-pyrrole nitrogens is 1. The molecular weight excluding hydrogens is 307 g/mol. The van der Waals surface area contributed by atoms with Gasteiger partial charge in [-0.25, -0.2) is 4.98 Å². The first-order valence-corrected chi connectivity index (χ1v) is 7.08. The summed E-state index contributed by atoms with van der Waals surface area (Å²) in [5, 5.41) is 6.24. The van der Waals surface area contributed by atoms with Gasteiger partial charge in [0.15, 0.2) is 5.82 Å². The van der Waals surface area contributed by atoms with Crippen molar-refractivity contribution in [2.45, 2.75) is 6.92 Å². The molecule has 0 atom stereocenters. The van der Waals surface area contributed by atoms with Gasteiger partial charge in [0, 0.05) is 28.4 Å². The molecular formula is C15H12Cl2N4. The molecule has 0 saturated heterocycles. The summed E-state index contributed by atoms with van der Waals surface area (Å²) in [6, 6.07) is 9.69. The van der Waals surface area contributed by atoms with Crippen LogP contribution in [0.25, 0.3) is 10.9 Å². The van der Waals surface area contributed by atoms with E-state index in [1.807, 2.05) is 31.2 Å². The lowest BCUT2D eigenvalue weighted by molar-refractivity contribution is 1.23. The molecule has 0 bridgehead atoms. The fraction of sp³-hybridized carbons (Fsp3) is 0.0667. The molecule has 3 rings (SSSR count). The molecule has 0 aliphatic rings. The van der Waals surface area contributed by atoms with Crippen molar-refractivity contribution in [2.75, 3.05) is 5.43 Å². The van der Waals surface area contributed by atoms with Crippen molar-refractivity contribution in [3.8, 4) is 0 Å². The Hall–Kier alpha value is -2.04. The predicted molar refractivity (Wildman–Crippen MR) is 88.5 cm³/mol. The minimum atomic E-state index is 0.426. The van der Waals surface area contributed by atoms with Crippen molar-refractivity contribution < 1.29 is 0 Å². The van der Waals surface area contributed by atoms with Crippen LogP contribution in [0.4, 0.5) is 5.82 Å². The second-order valence-corrected chi connectivity index (χ2v) is 5.41. The SMILES string of the molecule is Cc1[nH]c2ccccc2c1C=NNc1ncc(Cl)cc1Cl. The van der Waals surface area contributed by atoms with Crippen LogP contribution in [0.3, 0.4) is 0 Å². The molecule has 21 heavy (non-hydrogen) atoms. The molecule has 1 aromatic carbocycles. The molecule has 0 fully saturated rings. The third kappa shape index (κ3) is 2.86. The van der Waals surface area contributed by atoms with E-state index in [9.17, 15) is 0 Å². The molecule has 2 aromatic heterocycles. The van der Waals surface area contributed by atoms with Crippen molar-refractivity contribution in [1.29, 1.82) is 0 Å². The summed E-state index contributed by atoms with van der Waals surface area (Å²) in [5.74, 6) is 0.467. The Morgan fingerprint density at radius 3 is 2.90 bits per heavy atom. The van der Waals surface area contributed by atoms with Gasteiger partial charge in [0.1, 0.15) is 0 Å². The summed E-state index contributed by atoms with van der Waals surface area (Å²) >= 11 is 11.8. The van der Waals surface area contributed by atoms with Gasteiger partial charge in [0.25, 0.3) is 0 Å². The molecule has 2 N–H and O–H groups in total. The van der Waals surface area contributed by atoms with Gasteiger partial charge in [-0.2, -0.15) is 5.10 Å². The second kappa shape index (κ2) is 5.76. The Morgan fingerprint density at radius 2 is 2.10 bits per heavy atom. The third-order valence-electron chi connectivity index (χ3n) is 3.12. The van der Waals surface area contributed by atoms with E-state index in [2.05, 4.69) is 20.5 Å². The maximum absolute atomic E-state index is 6.03. The van der Waals surface area contributed by atoms with Crippen LogP contribution in [-0.4, -0.2) is 16.2 Å². The predicted octanol–water partition coefficient (Wildman–Crippen LogP) is 4.62. The minimum Gasteiger partial charge on any atom is -0.358 e. The number of pyridine rings is 1. The van der Waals surface area contributed by atoms with Gasteiger partial charge < -0.3 is 4.98 Å². The number of para-hydroxylation sites is 1. The van der Waals surface area contributed by atoms with Gasteiger partial charge >= 0.3 is 0 Å². The molecule has 0 saturated carbocycles. The monoisotopic (exact) mass is 318 g/mol.